The van der Waals surface area contributed by atoms with E-state index in [2.05, 4.69) is 20.5 Å². The van der Waals surface area contributed by atoms with Gasteiger partial charge in [0.1, 0.15) is 11.6 Å². The normalized spacial score (nSPS) is 12.1. The second-order valence-electron chi connectivity index (χ2n) is 4.82. The van der Waals surface area contributed by atoms with Gasteiger partial charge in [0.05, 0.1) is 15.8 Å². The van der Waals surface area contributed by atoms with Crippen LogP contribution in [0.25, 0.3) is 10.7 Å². The van der Waals surface area contributed by atoms with Gasteiger partial charge in [0.15, 0.2) is 5.82 Å². The lowest BCUT2D eigenvalue weighted by atomic mass is 10.3. The van der Waals surface area contributed by atoms with Crippen molar-refractivity contribution in [3.05, 3.63) is 47.3 Å². The van der Waals surface area contributed by atoms with E-state index in [9.17, 15) is 13.6 Å². The van der Waals surface area contributed by atoms with Gasteiger partial charge in [-0.25, -0.2) is 13.8 Å². The van der Waals surface area contributed by atoms with Crippen LogP contribution in [0.2, 0.25) is 0 Å². The van der Waals surface area contributed by atoms with E-state index in [0.29, 0.717) is 11.0 Å². The van der Waals surface area contributed by atoms with Crippen molar-refractivity contribution in [2.75, 3.05) is 5.32 Å². The van der Waals surface area contributed by atoms with Gasteiger partial charge in [-0.1, -0.05) is 17.8 Å². The van der Waals surface area contributed by atoms with Crippen molar-refractivity contribution in [3.63, 3.8) is 0 Å². The number of hydrogen-bond donors (Lipinski definition) is 2. The number of carbonyl (C=O) groups excluding carboxylic acids is 1. The number of aromatic nitrogens is 3. The van der Waals surface area contributed by atoms with Crippen LogP contribution in [0.4, 0.5) is 14.5 Å². The standard InChI is InChI=1S/C15H12F2N4OS2/c1-8(14(22)18-11-7-9(16)4-5-10(11)17)24-15-19-13(20-21-15)12-3-2-6-23-12/h2-8H,1H3,(H,18,22)(H,19,20,21)/t8-/m0/s1. The average Bonchev–Trinajstić information content (AvgIpc) is 3.21. The first-order chi connectivity index (χ1) is 11.5. The lowest BCUT2D eigenvalue weighted by Gasteiger charge is -2.10. The number of nitrogens with one attached hydrogen (secondary N) is 2. The van der Waals surface area contributed by atoms with Gasteiger partial charge in [-0.05, 0) is 30.5 Å². The summed E-state index contributed by atoms with van der Waals surface area (Å²) in [5, 5.41) is 11.0. The van der Waals surface area contributed by atoms with Crippen molar-refractivity contribution in [1.29, 1.82) is 0 Å². The molecule has 0 bridgehead atoms. The molecule has 0 saturated carbocycles. The first-order valence-corrected chi connectivity index (χ1v) is 8.67. The zero-order valence-corrected chi connectivity index (χ0v) is 14.0. The third-order valence-electron chi connectivity index (χ3n) is 3.06. The quantitative estimate of drug-likeness (QED) is 0.671. The molecule has 2 heterocycles. The number of benzene rings is 1. The molecular formula is C15H12F2N4OS2. The van der Waals surface area contributed by atoms with Gasteiger partial charge in [0.2, 0.25) is 11.1 Å². The second-order valence-corrected chi connectivity index (χ2v) is 7.07. The molecule has 1 amide bonds. The highest BCUT2D eigenvalue weighted by Crippen LogP contribution is 2.26. The fourth-order valence-corrected chi connectivity index (χ4v) is 3.25. The number of H-pyrrole nitrogens is 1. The summed E-state index contributed by atoms with van der Waals surface area (Å²) in [4.78, 5) is 17.4. The number of thiophene rings is 1. The Hall–Kier alpha value is -2.26. The van der Waals surface area contributed by atoms with Crippen LogP contribution in [-0.4, -0.2) is 26.3 Å². The van der Waals surface area contributed by atoms with Crippen molar-refractivity contribution in [2.45, 2.75) is 17.3 Å². The molecule has 124 valence electrons. The van der Waals surface area contributed by atoms with Crippen LogP contribution in [0.5, 0.6) is 0 Å². The zero-order chi connectivity index (χ0) is 17.1. The monoisotopic (exact) mass is 366 g/mol. The molecule has 3 rings (SSSR count). The number of carbonyl (C=O) groups is 1. The highest BCUT2D eigenvalue weighted by atomic mass is 32.2. The van der Waals surface area contributed by atoms with Gasteiger partial charge in [0.25, 0.3) is 0 Å². The fourth-order valence-electron chi connectivity index (χ4n) is 1.86. The van der Waals surface area contributed by atoms with Gasteiger partial charge in [-0.3, -0.25) is 9.89 Å². The van der Waals surface area contributed by atoms with Gasteiger partial charge in [-0.2, -0.15) is 0 Å². The summed E-state index contributed by atoms with van der Waals surface area (Å²) in [6.45, 7) is 1.64. The van der Waals surface area contributed by atoms with E-state index < -0.39 is 22.8 Å². The number of aromatic amines is 1. The topological polar surface area (TPSA) is 70.7 Å². The largest absolute Gasteiger partial charge is 0.323 e. The van der Waals surface area contributed by atoms with Gasteiger partial charge in [-0.15, -0.1) is 16.4 Å². The van der Waals surface area contributed by atoms with E-state index in [4.69, 9.17) is 0 Å². The van der Waals surface area contributed by atoms with E-state index in [1.165, 1.54) is 11.3 Å². The molecule has 2 N–H and O–H groups in total. The average molecular weight is 366 g/mol. The molecule has 0 aliphatic carbocycles. The Morgan fingerprint density at radius 2 is 2.21 bits per heavy atom. The molecule has 0 aliphatic rings. The predicted octanol–water partition coefficient (Wildman–Crippen LogP) is 3.93. The Kier molecular flexibility index (Phi) is 4.91. The minimum atomic E-state index is -0.695. The van der Waals surface area contributed by atoms with Gasteiger partial charge in [0, 0.05) is 6.07 Å². The second kappa shape index (κ2) is 7.10. The molecule has 0 unspecified atom stereocenters. The predicted molar refractivity (Wildman–Crippen MR) is 90.0 cm³/mol. The van der Waals surface area contributed by atoms with Gasteiger partial charge >= 0.3 is 0 Å². The third kappa shape index (κ3) is 3.80. The van der Waals surface area contributed by atoms with Crippen molar-refractivity contribution >= 4 is 34.7 Å². The van der Waals surface area contributed by atoms with Crippen molar-refractivity contribution in [3.8, 4) is 10.7 Å². The summed E-state index contributed by atoms with van der Waals surface area (Å²) in [6, 6.07) is 6.70. The van der Waals surface area contributed by atoms with Crippen LogP contribution in [0.15, 0.2) is 40.9 Å². The Morgan fingerprint density at radius 1 is 1.38 bits per heavy atom. The van der Waals surface area contributed by atoms with Crippen molar-refractivity contribution in [1.82, 2.24) is 15.2 Å². The maximum Gasteiger partial charge on any atom is 0.237 e. The molecule has 9 heteroatoms. The summed E-state index contributed by atoms with van der Waals surface area (Å²) < 4.78 is 26.7. The van der Waals surface area contributed by atoms with Crippen LogP contribution in [0.3, 0.4) is 0 Å². The Morgan fingerprint density at radius 3 is 2.96 bits per heavy atom. The lowest BCUT2D eigenvalue weighted by Crippen LogP contribution is -2.23. The molecule has 0 spiro atoms. The number of halogens is 2. The minimum Gasteiger partial charge on any atom is -0.323 e. The van der Waals surface area contributed by atoms with Crippen molar-refractivity contribution < 1.29 is 13.6 Å². The van der Waals surface area contributed by atoms with Crippen LogP contribution in [0, 0.1) is 11.6 Å². The lowest BCUT2D eigenvalue weighted by molar-refractivity contribution is -0.115. The van der Waals surface area contributed by atoms with Crippen LogP contribution in [-0.2, 0) is 4.79 Å². The number of rotatable bonds is 5. The van der Waals surface area contributed by atoms with Crippen LogP contribution in [0.1, 0.15) is 6.92 Å². The first kappa shape index (κ1) is 16.6. The SMILES string of the molecule is C[C@H](Sc1n[nH]c(-c2cccs2)n1)C(=O)Nc1cc(F)ccc1F. The molecule has 0 aliphatic heterocycles. The van der Waals surface area contributed by atoms with E-state index in [0.717, 1.165) is 34.8 Å². The molecular weight excluding hydrogens is 354 g/mol. The Balaban J connectivity index is 1.65. The molecule has 5 nitrogen and oxygen atoms in total. The van der Waals surface area contributed by atoms with Crippen LogP contribution < -0.4 is 5.32 Å². The maximum absolute atomic E-state index is 13.6. The molecule has 2 aromatic heterocycles. The fraction of sp³-hybridized carbons (Fsp3) is 0.133. The summed E-state index contributed by atoms with van der Waals surface area (Å²) in [5.74, 6) is -1.16. The first-order valence-electron chi connectivity index (χ1n) is 6.92. The van der Waals surface area contributed by atoms with Crippen LogP contribution >= 0.6 is 23.1 Å². The summed E-state index contributed by atoms with van der Waals surface area (Å²) in [7, 11) is 0. The number of hydrogen-bond acceptors (Lipinski definition) is 5. The number of thioether (sulfide) groups is 1. The molecule has 24 heavy (non-hydrogen) atoms. The van der Waals surface area contributed by atoms with Gasteiger partial charge < -0.3 is 5.32 Å². The van der Waals surface area contributed by atoms with E-state index in [1.54, 1.807) is 6.92 Å². The summed E-state index contributed by atoms with van der Waals surface area (Å²) >= 11 is 2.64. The molecule has 0 saturated heterocycles. The Bertz CT molecular complexity index is 851. The third-order valence-corrected chi connectivity index (χ3v) is 4.89. The molecule has 1 atom stereocenters. The smallest absolute Gasteiger partial charge is 0.237 e. The molecule has 0 fully saturated rings. The maximum atomic E-state index is 13.6. The minimum absolute atomic E-state index is 0.193. The number of anilines is 1. The molecule has 0 radical (unpaired) electrons. The summed E-state index contributed by atoms with van der Waals surface area (Å²) in [5.41, 5.74) is -0.193. The highest BCUT2D eigenvalue weighted by molar-refractivity contribution is 8.00. The highest BCUT2D eigenvalue weighted by Gasteiger charge is 2.19. The van der Waals surface area contributed by atoms with E-state index >= 15 is 0 Å². The molecule has 1 aromatic carbocycles. The Labute approximate surface area is 144 Å². The zero-order valence-electron chi connectivity index (χ0n) is 12.4. The van der Waals surface area contributed by atoms with Crippen molar-refractivity contribution in [2.24, 2.45) is 0 Å². The number of nitrogens with zero attached hydrogens (tertiary/aromatic N) is 2. The summed E-state index contributed by atoms with van der Waals surface area (Å²) in [6.07, 6.45) is 0. The molecule has 3 aromatic rings. The van der Waals surface area contributed by atoms with E-state index in [1.807, 2.05) is 17.5 Å². The number of amides is 1. The van der Waals surface area contributed by atoms with E-state index in [-0.39, 0.29) is 5.69 Å².